The summed E-state index contributed by atoms with van der Waals surface area (Å²) in [6.45, 7) is 2.57. The van der Waals surface area contributed by atoms with Crippen LogP contribution in [0.15, 0.2) is 40.4 Å². The summed E-state index contributed by atoms with van der Waals surface area (Å²) in [6, 6.07) is 5.78. The first-order valence-corrected chi connectivity index (χ1v) is 5.90. The molecule has 2 aromatic rings. The standard InChI is InChI=1S/C11H11BrN4O/c1-2-17-11-4-3-10(12)5-9(11)6-15-16-7-13-14-8-16/h3-8H,2H2,1H3. The van der Waals surface area contributed by atoms with E-state index in [1.807, 2.05) is 25.1 Å². The lowest BCUT2D eigenvalue weighted by atomic mass is 10.2. The van der Waals surface area contributed by atoms with E-state index in [0.717, 1.165) is 15.8 Å². The van der Waals surface area contributed by atoms with Gasteiger partial charge in [0.1, 0.15) is 18.4 Å². The van der Waals surface area contributed by atoms with Crippen LogP contribution in [0.3, 0.4) is 0 Å². The molecule has 0 atom stereocenters. The molecular formula is C11H11BrN4O. The minimum absolute atomic E-state index is 0.620. The summed E-state index contributed by atoms with van der Waals surface area (Å²) in [7, 11) is 0. The minimum atomic E-state index is 0.620. The van der Waals surface area contributed by atoms with E-state index in [4.69, 9.17) is 4.74 Å². The molecule has 2 rings (SSSR count). The number of benzene rings is 1. The Morgan fingerprint density at radius 2 is 2.18 bits per heavy atom. The summed E-state index contributed by atoms with van der Waals surface area (Å²) < 4.78 is 8.01. The Balaban J connectivity index is 2.27. The Morgan fingerprint density at radius 1 is 1.41 bits per heavy atom. The maximum atomic E-state index is 5.51. The van der Waals surface area contributed by atoms with Gasteiger partial charge in [0.15, 0.2) is 0 Å². The topological polar surface area (TPSA) is 52.3 Å². The quantitative estimate of drug-likeness (QED) is 0.813. The van der Waals surface area contributed by atoms with Crippen LogP contribution in [-0.4, -0.2) is 27.7 Å². The van der Waals surface area contributed by atoms with Crippen molar-refractivity contribution in [3.8, 4) is 5.75 Å². The predicted octanol–water partition coefficient (Wildman–Crippen LogP) is 2.32. The highest BCUT2D eigenvalue weighted by Crippen LogP contribution is 2.21. The van der Waals surface area contributed by atoms with Crippen molar-refractivity contribution in [2.45, 2.75) is 6.92 Å². The second-order valence-corrected chi connectivity index (χ2v) is 4.12. The van der Waals surface area contributed by atoms with Crippen LogP contribution in [0.1, 0.15) is 12.5 Å². The van der Waals surface area contributed by atoms with Gasteiger partial charge in [-0.1, -0.05) is 15.9 Å². The van der Waals surface area contributed by atoms with Gasteiger partial charge < -0.3 is 4.74 Å². The molecular weight excluding hydrogens is 284 g/mol. The third-order valence-corrected chi connectivity index (χ3v) is 2.50. The highest BCUT2D eigenvalue weighted by atomic mass is 79.9. The van der Waals surface area contributed by atoms with Gasteiger partial charge in [-0.15, -0.1) is 10.2 Å². The zero-order valence-corrected chi connectivity index (χ0v) is 10.8. The average molecular weight is 295 g/mol. The third kappa shape index (κ3) is 3.13. The lowest BCUT2D eigenvalue weighted by Crippen LogP contribution is -1.97. The fourth-order valence-electron chi connectivity index (χ4n) is 1.29. The zero-order chi connectivity index (χ0) is 12.1. The molecule has 5 nitrogen and oxygen atoms in total. The van der Waals surface area contributed by atoms with Crippen molar-refractivity contribution < 1.29 is 4.74 Å². The monoisotopic (exact) mass is 294 g/mol. The van der Waals surface area contributed by atoms with Crippen LogP contribution in [0.25, 0.3) is 0 Å². The second kappa shape index (κ2) is 5.58. The number of nitrogens with zero attached hydrogens (tertiary/aromatic N) is 4. The van der Waals surface area contributed by atoms with Gasteiger partial charge in [0, 0.05) is 10.0 Å². The number of aromatic nitrogens is 3. The molecule has 0 N–H and O–H groups in total. The SMILES string of the molecule is CCOc1ccc(Br)cc1C=Nn1cnnc1. The molecule has 1 aromatic heterocycles. The molecule has 0 aliphatic carbocycles. The van der Waals surface area contributed by atoms with Gasteiger partial charge in [-0.2, -0.15) is 5.10 Å². The molecule has 0 saturated carbocycles. The van der Waals surface area contributed by atoms with Crippen LogP contribution in [0.4, 0.5) is 0 Å². The van der Waals surface area contributed by atoms with E-state index in [1.165, 1.54) is 17.3 Å². The highest BCUT2D eigenvalue weighted by molar-refractivity contribution is 9.10. The van der Waals surface area contributed by atoms with Crippen molar-refractivity contribution in [1.82, 2.24) is 14.9 Å². The molecule has 6 heteroatoms. The van der Waals surface area contributed by atoms with Crippen molar-refractivity contribution in [3.05, 3.63) is 40.9 Å². The first-order chi connectivity index (χ1) is 8.29. The van der Waals surface area contributed by atoms with E-state index >= 15 is 0 Å². The first kappa shape index (κ1) is 11.8. The maximum Gasteiger partial charge on any atom is 0.141 e. The Labute approximate surface area is 107 Å². The summed E-state index contributed by atoms with van der Waals surface area (Å²) in [5.41, 5.74) is 0.898. The van der Waals surface area contributed by atoms with Crippen LogP contribution < -0.4 is 4.74 Å². The molecule has 17 heavy (non-hydrogen) atoms. The van der Waals surface area contributed by atoms with Gasteiger partial charge in [-0.3, -0.25) is 0 Å². The molecule has 0 saturated heterocycles. The lowest BCUT2D eigenvalue weighted by molar-refractivity contribution is 0.339. The summed E-state index contributed by atoms with van der Waals surface area (Å²) >= 11 is 3.42. The Bertz CT molecular complexity index is 510. The number of hydrogen-bond acceptors (Lipinski definition) is 4. The van der Waals surface area contributed by atoms with Crippen LogP contribution in [0, 0.1) is 0 Å². The third-order valence-electron chi connectivity index (χ3n) is 2.01. The highest BCUT2D eigenvalue weighted by Gasteiger charge is 2.01. The van der Waals surface area contributed by atoms with Crippen molar-refractivity contribution >= 4 is 22.1 Å². The van der Waals surface area contributed by atoms with E-state index in [2.05, 4.69) is 31.2 Å². The Hall–Kier alpha value is -1.69. The molecule has 0 bridgehead atoms. The maximum absolute atomic E-state index is 5.51. The van der Waals surface area contributed by atoms with Crippen LogP contribution in [0.5, 0.6) is 5.75 Å². The van der Waals surface area contributed by atoms with Gasteiger partial charge in [0.25, 0.3) is 0 Å². The molecule has 88 valence electrons. The Kier molecular flexibility index (Phi) is 3.87. The van der Waals surface area contributed by atoms with E-state index in [0.29, 0.717) is 6.61 Å². The number of ether oxygens (including phenoxy) is 1. The minimum Gasteiger partial charge on any atom is -0.493 e. The fraction of sp³-hybridized carbons (Fsp3) is 0.182. The first-order valence-electron chi connectivity index (χ1n) is 5.11. The van der Waals surface area contributed by atoms with E-state index < -0.39 is 0 Å². The van der Waals surface area contributed by atoms with Gasteiger partial charge >= 0.3 is 0 Å². The molecule has 0 unspecified atom stereocenters. The summed E-state index contributed by atoms with van der Waals surface area (Å²) in [5.74, 6) is 0.799. The normalized spacial score (nSPS) is 10.9. The van der Waals surface area contributed by atoms with E-state index in [9.17, 15) is 0 Å². The largest absolute Gasteiger partial charge is 0.493 e. The molecule has 0 aliphatic heterocycles. The summed E-state index contributed by atoms with van der Waals surface area (Å²) in [6.07, 6.45) is 4.75. The lowest BCUT2D eigenvalue weighted by Gasteiger charge is -2.06. The summed E-state index contributed by atoms with van der Waals surface area (Å²) in [5, 5.41) is 11.5. The molecule has 1 heterocycles. The van der Waals surface area contributed by atoms with Crippen LogP contribution >= 0.6 is 15.9 Å². The molecule has 0 radical (unpaired) electrons. The molecule has 0 spiro atoms. The second-order valence-electron chi connectivity index (χ2n) is 3.20. The van der Waals surface area contributed by atoms with Gasteiger partial charge in [0.2, 0.25) is 0 Å². The Morgan fingerprint density at radius 3 is 2.88 bits per heavy atom. The molecule has 1 aromatic carbocycles. The zero-order valence-electron chi connectivity index (χ0n) is 9.25. The van der Waals surface area contributed by atoms with Crippen LogP contribution in [0.2, 0.25) is 0 Å². The molecule has 0 amide bonds. The summed E-state index contributed by atoms with van der Waals surface area (Å²) in [4.78, 5) is 0. The molecule has 0 aliphatic rings. The van der Waals surface area contributed by atoms with Crippen molar-refractivity contribution in [3.63, 3.8) is 0 Å². The van der Waals surface area contributed by atoms with E-state index in [-0.39, 0.29) is 0 Å². The predicted molar refractivity (Wildman–Crippen MR) is 68.3 cm³/mol. The average Bonchev–Trinajstić information content (AvgIpc) is 2.82. The van der Waals surface area contributed by atoms with Crippen molar-refractivity contribution in [1.29, 1.82) is 0 Å². The number of halogens is 1. The number of hydrogen-bond donors (Lipinski definition) is 0. The van der Waals surface area contributed by atoms with Crippen LogP contribution in [-0.2, 0) is 0 Å². The molecule has 0 fully saturated rings. The fourth-order valence-corrected chi connectivity index (χ4v) is 1.67. The van der Waals surface area contributed by atoms with Crippen molar-refractivity contribution in [2.75, 3.05) is 6.61 Å². The van der Waals surface area contributed by atoms with Gasteiger partial charge in [-0.05, 0) is 25.1 Å². The van der Waals surface area contributed by atoms with Gasteiger partial charge in [-0.25, -0.2) is 4.68 Å². The van der Waals surface area contributed by atoms with Gasteiger partial charge in [0.05, 0.1) is 12.8 Å². The van der Waals surface area contributed by atoms with Crippen molar-refractivity contribution in [2.24, 2.45) is 5.10 Å². The number of rotatable bonds is 4. The van der Waals surface area contributed by atoms with E-state index in [1.54, 1.807) is 6.21 Å². The smallest absolute Gasteiger partial charge is 0.141 e.